The van der Waals surface area contributed by atoms with Crippen molar-refractivity contribution in [3.8, 4) is 0 Å². The second-order valence-electron chi connectivity index (χ2n) is 6.40. The molecule has 0 rings (SSSR count). The summed E-state index contributed by atoms with van der Waals surface area (Å²) in [6.45, 7) is 1.16. The van der Waals surface area contributed by atoms with Crippen molar-refractivity contribution in [3.63, 3.8) is 0 Å². The minimum absolute atomic E-state index is 0.581. The molecule has 10 heteroatoms. The zero-order chi connectivity index (χ0) is 18.9. The van der Waals surface area contributed by atoms with Crippen LogP contribution >= 0.6 is 20.6 Å². The summed E-state index contributed by atoms with van der Waals surface area (Å²) >= 11 is 0. The van der Waals surface area contributed by atoms with Gasteiger partial charge in [0.15, 0.2) is 0 Å². The van der Waals surface area contributed by atoms with Gasteiger partial charge in [-0.05, 0) is 73.3 Å². The molecule has 0 saturated carbocycles. The molecule has 8 nitrogen and oxygen atoms in total. The Kier molecular flexibility index (Phi) is 16.7. The van der Waals surface area contributed by atoms with Gasteiger partial charge in [-0.1, -0.05) is 23.1 Å². The Labute approximate surface area is 149 Å². The van der Waals surface area contributed by atoms with E-state index in [0.717, 1.165) is 50.0 Å². The highest BCUT2D eigenvalue weighted by Crippen LogP contribution is 2.35. The second kappa shape index (κ2) is 15.7. The van der Waals surface area contributed by atoms with Crippen molar-refractivity contribution < 1.29 is 9.11 Å². The molecule has 0 fully saturated rings. The van der Waals surface area contributed by atoms with E-state index < -0.39 is 20.6 Å². The lowest BCUT2D eigenvalue weighted by Crippen LogP contribution is -1.99. The van der Waals surface area contributed by atoms with E-state index in [0.29, 0.717) is 13.1 Å². The first kappa shape index (κ1) is 25.5. The molecule has 0 aromatic carbocycles. The van der Waals surface area contributed by atoms with Gasteiger partial charge in [0.25, 0.3) is 0 Å². The normalized spacial score (nSPS) is 12.2. The molecule has 144 valence electrons. The summed E-state index contributed by atoms with van der Waals surface area (Å²) in [5.74, 6) is 1.78. The number of hydrogen-bond donors (Lipinski definition) is 2. The van der Waals surface area contributed by atoms with E-state index in [1.165, 1.54) is 0 Å². The molecule has 0 amide bonds. The van der Waals surface area contributed by atoms with Gasteiger partial charge in [0.1, 0.15) is 0 Å². The standard InChI is InChI=1S/2C7H17N3OS/c2*1-12(2,11)7-5-3-4-6-9-10-8/h2*11H,3-7H2,1-2H3. The Morgan fingerprint density at radius 3 is 1.25 bits per heavy atom. The van der Waals surface area contributed by atoms with E-state index in [1.54, 1.807) is 0 Å². The Hall–Kier alpha value is -0.760. The molecule has 0 atom stereocenters. The molecule has 2 N–H and O–H groups in total. The number of unbranched alkanes of at least 4 members (excludes halogenated alkanes) is 4. The van der Waals surface area contributed by atoms with Crippen LogP contribution in [0.4, 0.5) is 0 Å². The first-order valence-electron chi connectivity index (χ1n) is 8.01. The fraction of sp³-hybridized carbons (Fsp3) is 1.00. The van der Waals surface area contributed by atoms with Crippen molar-refractivity contribution in [1.82, 2.24) is 0 Å². The lowest BCUT2D eigenvalue weighted by Gasteiger charge is -2.22. The maximum atomic E-state index is 9.42. The van der Waals surface area contributed by atoms with E-state index in [1.807, 2.05) is 25.0 Å². The lowest BCUT2D eigenvalue weighted by molar-refractivity contribution is 0.626. The van der Waals surface area contributed by atoms with Crippen molar-refractivity contribution in [2.24, 2.45) is 10.2 Å². The SMILES string of the molecule is CS(C)(O)CCCCCN=[N+]=[N-].CS(C)(O)CCCCCN=[N+]=[N-]. The van der Waals surface area contributed by atoms with Crippen LogP contribution in [0.3, 0.4) is 0 Å². The molecule has 0 bridgehead atoms. The topological polar surface area (TPSA) is 138 Å². The van der Waals surface area contributed by atoms with Gasteiger partial charge in [-0.25, -0.2) is 0 Å². The first-order valence-corrected chi connectivity index (χ1v) is 13.2. The minimum Gasteiger partial charge on any atom is -0.352 e. The van der Waals surface area contributed by atoms with Gasteiger partial charge in [0.05, 0.1) is 0 Å². The Bertz CT molecular complexity index is 359. The smallest absolute Gasteiger partial charge is 0.0257 e. The molecule has 0 radical (unpaired) electrons. The average molecular weight is 383 g/mol. The third-order valence-electron chi connectivity index (χ3n) is 2.93. The molecule has 0 aromatic heterocycles. The number of rotatable bonds is 12. The third kappa shape index (κ3) is 29.3. The van der Waals surface area contributed by atoms with E-state index in [2.05, 4.69) is 20.1 Å². The molecule has 0 aromatic rings. The largest absolute Gasteiger partial charge is 0.352 e. The van der Waals surface area contributed by atoms with Crippen LogP contribution in [0.15, 0.2) is 10.2 Å². The highest BCUT2D eigenvalue weighted by Gasteiger charge is 2.04. The van der Waals surface area contributed by atoms with Crippen LogP contribution in [0.1, 0.15) is 38.5 Å². The quantitative estimate of drug-likeness (QED) is 0.185. The number of azide groups is 2. The molecule has 0 spiro atoms. The fourth-order valence-corrected chi connectivity index (χ4v) is 3.54. The maximum Gasteiger partial charge on any atom is 0.0257 e. The summed E-state index contributed by atoms with van der Waals surface area (Å²) in [4.78, 5) is 5.33. The third-order valence-corrected chi connectivity index (χ3v) is 5.51. The van der Waals surface area contributed by atoms with E-state index in [9.17, 15) is 9.11 Å². The summed E-state index contributed by atoms with van der Waals surface area (Å²) < 4.78 is 18.8. The van der Waals surface area contributed by atoms with Gasteiger partial charge >= 0.3 is 0 Å². The average Bonchev–Trinajstić information content (AvgIpc) is 2.45. The molecule has 0 aliphatic heterocycles. The first-order chi connectivity index (χ1) is 11.1. The van der Waals surface area contributed by atoms with Crippen molar-refractivity contribution in [1.29, 1.82) is 0 Å². The summed E-state index contributed by atoms with van der Waals surface area (Å²) in [6.07, 6.45) is 13.5. The monoisotopic (exact) mass is 382 g/mol. The van der Waals surface area contributed by atoms with Gasteiger partial charge in [-0.15, -0.1) is 20.6 Å². The van der Waals surface area contributed by atoms with Gasteiger partial charge in [0, 0.05) is 22.9 Å². The second-order valence-corrected chi connectivity index (χ2v) is 13.1. The lowest BCUT2D eigenvalue weighted by atomic mass is 10.2. The van der Waals surface area contributed by atoms with Crippen molar-refractivity contribution in [3.05, 3.63) is 20.9 Å². The van der Waals surface area contributed by atoms with Gasteiger partial charge in [-0.2, -0.15) is 0 Å². The van der Waals surface area contributed by atoms with Crippen LogP contribution in [-0.2, 0) is 0 Å². The molecule has 0 aliphatic carbocycles. The van der Waals surface area contributed by atoms with Gasteiger partial charge < -0.3 is 9.11 Å². The highest BCUT2D eigenvalue weighted by molar-refractivity contribution is 8.28. The summed E-state index contributed by atoms with van der Waals surface area (Å²) in [5.41, 5.74) is 15.9. The predicted octanol–water partition coefficient (Wildman–Crippen LogP) is 6.01. The van der Waals surface area contributed by atoms with Crippen LogP contribution in [0.2, 0.25) is 0 Å². The van der Waals surface area contributed by atoms with Crippen molar-refractivity contribution in [2.75, 3.05) is 49.6 Å². The number of nitrogens with zero attached hydrogens (tertiary/aromatic N) is 6. The van der Waals surface area contributed by atoms with Crippen LogP contribution in [0, 0.1) is 0 Å². The van der Waals surface area contributed by atoms with E-state index in [4.69, 9.17) is 11.1 Å². The summed E-state index contributed by atoms with van der Waals surface area (Å²) in [6, 6.07) is 0. The summed E-state index contributed by atoms with van der Waals surface area (Å²) in [7, 11) is -2.64. The molecule has 0 aliphatic rings. The number of hydrogen-bond acceptors (Lipinski definition) is 4. The molecule has 0 saturated heterocycles. The Balaban J connectivity index is 0. The highest BCUT2D eigenvalue weighted by atomic mass is 32.3. The zero-order valence-electron chi connectivity index (χ0n) is 15.5. The van der Waals surface area contributed by atoms with Crippen molar-refractivity contribution in [2.45, 2.75) is 38.5 Å². The summed E-state index contributed by atoms with van der Waals surface area (Å²) in [5, 5.41) is 6.86. The molecule has 24 heavy (non-hydrogen) atoms. The molecule has 0 unspecified atom stereocenters. The maximum absolute atomic E-state index is 9.42. The van der Waals surface area contributed by atoms with Gasteiger partial charge in [-0.3, -0.25) is 0 Å². The van der Waals surface area contributed by atoms with Crippen LogP contribution in [-0.4, -0.2) is 58.7 Å². The van der Waals surface area contributed by atoms with E-state index in [-0.39, 0.29) is 0 Å². The predicted molar refractivity (Wildman–Crippen MR) is 110 cm³/mol. The van der Waals surface area contributed by atoms with Crippen LogP contribution < -0.4 is 0 Å². The van der Waals surface area contributed by atoms with Crippen LogP contribution in [0.25, 0.3) is 20.9 Å². The fourth-order valence-electron chi connectivity index (χ4n) is 1.72. The Morgan fingerprint density at radius 1 is 0.667 bits per heavy atom. The van der Waals surface area contributed by atoms with E-state index >= 15 is 0 Å². The van der Waals surface area contributed by atoms with Gasteiger partial charge in [0.2, 0.25) is 0 Å². The molecular formula is C14H34N6O2S2. The Morgan fingerprint density at radius 2 is 1.00 bits per heavy atom. The zero-order valence-corrected chi connectivity index (χ0v) is 17.1. The minimum atomic E-state index is -1.32. The van der Waals surface area contributed by atoms with Crippen molar-refractivity contribution >= 4 is 20.6 Å². The molecular weight excluding hydrogens is 348 g/mol. The van der Waals surface area contributed by atoms with Crippen LogP contribution in [0.5, 0.6) is 0 Å². The molecule has 0 heterocycles.